The van der Waals surface area contributed by atoms with Gasteiger partial charge in [0, 0.05) is 18.3 Å². The van der Waals surface area contributed by atoms with Crippen molar-refractivity contribution in [3.8, 4) is 5.75 Å². The highest BCUT2D eigenvalue weighted by atomic mass is 19.1. The summed E-state index contributed by atoms with van der Waals surface area (Å²) in [7, 11) is 0. The van der Waals surface area contributed by atoms with Gasteiger partial charge in [0.15, 0.2) is 11.6 Å². The first-order valence-corrected chi connectivity index (χ1v) is 9.33. The van der Waals surface area contributed by atoms with Crippen molar-refractivity contribution in [1.29, 1.82) is 0 Å². The van der Waals surface area contributed by atoms with E-state index >= 15 is 0 Å². The third-order valence-corrected chi connectivity index (χ3v) is 4.92. The number of likely N-dealkylation sites (tertiary alicyclic amines) is 1. The summed E-state index contributed by atoms with van der Waals surface area (Å²) in [6, 6.07) is 9.94. The Morgan fingerprint density at radius 3 is 2.75 bits per heavy atom. The first-order valence-electron chi connectivity index (χ1n) is 9.33. The number of hydrazine groups is 1. The van der Waals surface area contributed by atoms with Crippen molar-refractivity contribution in [2.45, 2.75) is 18.6 Å². The van der Waals surface area contributed by atoms with Crippen LogP contribution in [0, 0.1) is 5.82 Å². The number of aromatic nitrogens is 1. The number of ether oxygens (including phenoxy) is 1. The average Bonchev–Trinajstić information content (AvgIpc) is 3.32. The molecule has 8 nitrogen and oxygen atoms in total. The van der Waals surface area contributed by atoms with Gasteiger partial charge in [-0.15, -0.1) is 0 Å². The summed E-state index contributed by atoms with van der Waals surface area (Å²) >= 11 is 0. The number of rotatable bonds is 6. The first kappa shape index (κ1) is 18.6. The Balaban J connectivity index is 1.44. The van der Waals surface area contributed by atoms with Crippen LogP contribution in [0.15, 0.2) is 47.6 Å². The van der Waals surface area contributed by atoms with Crippen LogP contribution in [-0.4, -0.2) is 42.1 Å². The number of guanidine groups is 1. The summed E-state index contributed by atoms with van der Waals surface area (Å²) in [6.45, 7) is 3.40. The molecule has 2 aliphatic rings. The summed E-state index contributed by atoms with van der Waals surface area (Å²) < 4.78 is 20.2. The van der Waals surface area contributed by atoms with Crippen LogP contribution in [0.3, 0.4) is 0 Å². The number of hydrogen-bond donors (Lipinski definition) is 3. The van der Waals surface area contributed by atoms with E-state index in [0.29, 0.717) is 18.0 Å². The molecule has 2 aliphatic heterocycles. The van der Waals surface area contributed by atoms with Gasteiger partial charge in [0.1, 0.15) is 12.4 Å². The minimum absolute atomic E-state index is 0.146. The molecule has 0 amide bonds. The summed E-state index contributed by atoms with van der Waals surface area (Å²) in [4.78, 5) is 10.8. The molecule has 1 saturated heterocycles. The van der Waals surface area contributed by atoms with Gasteiger partial charge in [-0.1, -0.05) is 6.07 Å². The van der Waals surface area contributed by atoms with Crippen molar-refractivity contribution in [2.24, 2.45) is 16.5 Å². The van der Waals surface area contributed by atoms with Crippen LogP contribution in [0.5, 0.6) is 5.75 Å². The normalized spacial score (nSPS) is 22.5. The number of hydrogen-bond acceptors (Lipinski definition) is 8. The molecular weight excluding hydrogens is 361 g/mol. The molecule has 3 heterocycles. The number of aliphatic imine (C=N–C) groups is 1. The lowest BCUT2D eigenvalue weighted by Gasteiger charge is -2.25. The van der Waals surface area contributed by atoms with Crippen molar-refractivity contribution in [2.75, 3.05) is 31.3 Å². The highest BCUT2D eigenvalue weighted by Crippen LogP contribution is 2.28. The molecule has 1 aromatic heterocycles. The zero-order chi connectivity index (χ0) is 19.6. The van der Waals surface area contributed by atoms with E-state index in [0.717, 1.165) is 19.6 Å². The molecule has 1 fully saturated rings. The number of anilines is 1. The number of pyridine rings is 1. The van der Waals surface area contributed by atoms with Gasteiger partial charge in [-0.3, -0.25) is 10.6 Å². The van der Waals surface area contributed by atoms with Gasteiger partial charge in [0.2, 0.25) is 11.7 Å². The molecule has 148 valence electrons. The average molecular weight is 385 g/mol. The lowest BCUT2D eigenvalue weighted by Crippen LogP contribution is -2.53. The summed E-state index contributed by atoms with van der Waals surface area (Å²) in [5.74, 6) is -0.999. The second-order valence-electron chi connectivity index (χ2n) is 6.91. The third-order valence-electron chi connectivity index (χ3n) is 4.92. The van der Waals surface area contributed by atoms with E-state index in [1.807, 2.05) is 6.07 Å². The zero-order valence-electron chi connectivity index (χ0n) is 15.5. The predicted molar refractivity (Wildman–Crippen MR) is 105 cm³/mol. The van der Waals surface area contributed by atoms with Crippen LogP contribution in [0.4, 0.5) is 10.2 Å². The van der Waals surface area contributed by atoms with Crippen molar-refractivity contribution < 1.29 is 9.13 Å². The molecule has 1 unspecified atom stereocenters. The lowest BCUT2D eigenvalue weighted by molar-refractivity contribution is 0.231. The topological polar surface area (TPSA) is 105 Å². The summed E-state index contributed by atoms with van der Waals surface area (Å²) in [5.41, 5.74) is 15.7. The van der Waals surface area contributed by atoms with Crippen LogP contribution in [0.2, 0.25) is 0 Å². The molecule has 2 aromatic rings. The second-order valence-corrected chi connectivity index (χ2v) is 6.91. The van der Waals surface area contributed by atoms with E-state index in [2.05, 4.69) is 20.3 Å². The minimum atomic E-state index is -1.39. The fourth-order valence-electron chi connectivity index (χ4n) is 3.42. The Labute approximate surface area is 163 Å². The molecule has 9 heteroatoms. The maximum Gasteiger partial charge on any atom is 0.215 e. The van der Waals surface area contributed by atoms with Crippen LogP contribution >= 0.6 is 0 Å². The molecular formula is C19H24FN7O. The smallest absolute Gasteiger partial charge is 0.215 e. The molecule has 4 rings (SSSR count). The van der Waals surface area contributed by atoms with Crippen molar-refractivity contribution in [1.82, 2.24) is 15.3 Å². The SMILES string of the molecule is NC1=NC(N)(c2ccc(OCCN3CCCC3)c(F)c2)NN1c1ccccn1. The zero-order valence-corrected chi connectivity index (χ0v) is 15.5. The fraction of sp³-hybridized carbons (Fsp3) is 0.368. The molecule has 0 aliphatic carbocycles. The lowest BCUT2D eigenvalue weighted by atomic mass is 10.1. The van der Waals surface area contributed by atoms with Gasteiger partial charge in [0.05, 0.1) is 0 Å². The van der Waals surface area contributed by atoms with E-state index in [9.17, 15) is 4.39 Å². The van der Waals surface area contributed by atoms with Gasteiger partial charge < -0.3 is 10.5 Å². The Morgan fingerprint density at radius 2 is 2.04 bits per heavy atom. The minimum Gasteiger partial charge on any atom is -0.489 e. The Bertz CT molecular complexity index is 857. The quantitative estimate of drug-likeness (QED) is 0.684. The largest absolute Gasteiger partial charge is 0.489 e. The molecule has 1 aromatic carbocycles. The predicted octanol–water partition coefficient (Wildman–Crippen LogP) is 1.10. The molecule has 0 bridgehead atoms. The molecule has 28 heavy (non-hydrogen) atoms. The van der Waals surface area contributed by atoms with Crippen molar-refractivity contribution >= 4 is 11.8 Å². The number of halogens is 1. The number of nitrogens with one attached hydrogen (secondary N) is 1. The number of nitrogens with two attached hydrogens (primary N) is 2. The highest BCUT2D eigenvalue weighted by molar-refractivity contribution is 5.95. The Kier molecular flexibility index (Phi) is 5.12. The highest BCUT2D eigenvalue weighted by Gasteiger charge is 2.38. The molecule has 0 radical (unpaired) electrons. The van der Waals surface area contributed by atoms with Crippen molar-refractivity contribution in [3.05, 3.63) is 54.0 Å². The molecule has 0 spiro atoms. The monoisotopic (exact) mass is 385 g/mol. The van der Waals surface area contributed by atoms with E-state index in [1.54, 1.807) is 30.5 Å². The maximum absolute atomic E-state index is 14.6. The van der Waals surface area contributed by atoms with Crippen LogP contribution in [0.25, 0.3) is 0 Å². The van der Waals surface area contributed by atoms with Crippen LogP contribution in [0.1, 0.15) is 18.4 Å². The van der Waals surface area contributed by atoms with Crippen LogP contribution < -0.4 is 26.6 Å². The van der Waals surface area contributed by atoms with E-state index in [1.165, 1.54) is 23.9 Å². The fourth-order valence-corrected chi connectivity index (χ4v) is 3.42. The van der Waals surface area contributed by atoms with Crippen LogP contribution in [-0.2, 0) is 5.79 Å². The van der Waals surface area contributed by atoms with E-state index in [4.69, 9.17) is 16.2 Å². The molecule has 5 N–H and O–H groups in total. The van der Waals surface area contributed by atoms with E-state index in [-0.39, 0.29) is 11.7 Å². The van der Waals surface area contributed by atoms with Gasteiger partial charge in [-0.05, 0) is 56.3 Å². The second kappa shape index (κ2) is 7.70. The summed E-state index contributed by atoms with van der Waals surface area (Å²) in [6.07, 6.45) is 4.07. The van der Waals surface area contributed by atoms with Gasteiger partial charge in [0.25, 0.3) is 0 Å². The van der Waals surface area contributed by atoms with Crippen molar-refractivity contribution in [3.63, 3.8) is 0 Å². The number of nitrogens with zero attached hydrogens (tertiary/aromatic N) is 4. The Morgan fingerprint density at radius 1 is 1.21 bits per heavy atom. The standard InChI is InChI=1S/C19H24FN7O/c20-15-13-14(6-7-16(15)28-12-11-26-9-3-4-10-26)19(22)24-18(21)27(25-19)17-5-1-2-8-23-17/h1-2,5-8,13,25H,3-4,9-12,22H2,(H2,21,24). The first-order chi connectivity index (χ1) is 13.5. The molecule has 0 saturated carbocycles. The number of benzene rings is 1. The summed E-state index contributed by atoms with van der Waals surface area (Å²) in [5, 5.41) is 1.47. The maximum atomic E-state index is 14.6. The van der Waals surface area contributed by atoms with E-state index < -0.39 is 11.6 Å². The van der Waals surface area contributed by atoms with Gasteiger partial charge in [-0.25, -0.2) is 19.4 Å². The molecule has 1 atom stereocenters. The van der Waals surface area contributed by atoms with Gasteiger partial charge in [-0.2, -0.15) is 5.43 Å². The van der Waals surface area contributed by atoms with Gasteiger partial charge >= 0.3 is 0 Å². The Hall–Kier alpha value is -2.75. The third kappa shape index (κ3) is 3.77.